The van der Waals surface area contributed by atoms with E-state index >= 15 is 0 Å². The molecule has 1 atom stereocenters. The van der Waals surface area contributed by atoms with Crippen LogP contribution in [-0.4, -0.2) is 12.0 Å². The molecule has 0 aromatic heterocycles. The number of aryl methyl sites for hydroxylation is 1. The third-order valence-electron chi connectivity index (χ3n) is 4.07. The van der Waals surface area contributed by atoms with Gasteiger partial charge in [0.25, 0.3) is 5.91 Å². The predicted molar refractivity (Wildman–Crippen MR) is 88.2 cm³/mol. The second-order valence-corrected chi connectivity index (χ2v) is 5.72. The minimum absolute atomic E-state index is 0.125. The molecular weight excluding hydrogens is 274 g/mol. The fourth-order valence-corrected chi connectivity index (χ4v) is 2.87. The number of fused-ring (bicyclic) bond motifs is 1. The van der Waals surface area contributed by atoms with E-state index in [1.54, 1.807) is 6.92 Å². The van der Waals surface area contributed by atoms with Crippen molar-refractivity contribution in [3.05, 3.63) is 59.7 Å². The zero-order valence-corrected chi connectivity index (χ0v) is 12.8. The number of rotatable bonds is 4. The van der Waals surface area contributed by atoms with E-state index in [0.29, 0.717) is 0 Å². The summed E-state index contributed by atoms with van der Waals surface area (Å²) in [6.07, 6.45) is 4.06. The van der Waals surface area contributed by atoms with Crippen LogP contribution in [0.5, 0.6) is 5.75 Å². The highest BCUT2D eigenvalue weighted by Crippen LogP contribution is 2.30. The van der Waals surface area contributed by atoms with Gasteiger partial charge in [-0.25, -0.2) is 0 Å². The van der Waals surface area contributed by atoms with Crippen LogP contribution in [0, 0.1) is 0 Å². The molecule has 0 heterocycles. The van der Waals surface area contributed by atoms with Crippen molar-refractivity contribution in [3.8, 4) is 5.75 Å². The van der Waals surface area contributed by atoms with E-state index in [-0.39, 0.29) is 5.91 Å². The van der Waals surface area contributed by atoms with E-state index in [1.807, 2.05) is 42.5 Å². The Morgan fingerprint density at radius 3 is 2.64 bits per heavy atom. The first-order chi connectivity index (χ1) is 10.7. The van der Waals surface area contributed by atoms with Crippen LogP contribution in [0.2, 0.25) is 0 Å². The Morgan fingerprint density at radius 2 is 1.82 bits per heavy atom. The summed E-state index contributed by atoms with van der Waals surface area (Å²) in [6.45, 7) is 1.79. The zero-order chi connectivity index (χ0) is 15.4. The van der Waals surface area contributed by atoms with Crippen molar-refractivity contribution >= 4 is 11.6 Å². The lowest BCUT2D eigenvalue weighted by molar-refractivity contribution is -0.122. The van der Waals surface area contributed by atoms with Crippen molar-refractivity contribution in [1.82, 2.24) is 0 Å². The Bertz CT molecular complexity index is 652. The molecular formula is C19H21NO2. The quantitative estimate of drug-likeness (QED) is 0.926. The summed E-state index contributed by atoms with van der Waals surface area (Å²) in [5.74, 6) is 0.729. The highest BCUT2D eigenvalue weighted by Gasteiger charge is 2.19. The van der Waals surface area contributed by atoms with E-state index in [2.05, 4.69) is 11.4 Å². The summed E-state index contributed by atoms with van der Waals surface area (Å²) in [7, 11) is 0. The van der Waals surface area contributed by atoms with Crippen molar-refractivity contribution in [3.63, 3.8) is 0 Å². The van der Waals surface area contributed by atoms with Gasteiger partial charge in [-0.15, -0.1) is 0 Å². The van der Waals surface area contributed by atoms with Gasteiger partial charge in [0.2, 0.25) is 0 Å². The van der Waals surface area contributed by atoms with Gasteiger partial charge >= 0.3 is 0 Å². The summed E-state index contributed by atoms with van der Waals surface area (Å²) in [4.78, 5) is 12.2. The maximum absolute atomic E-state index is 12.2. The first-order valence-electron chi connectivity index (χ1n) is 7.87. The van der Waals surface area contributed by atoms with Crippen molar-refractivity contribution in [2.75, 3.05) is 5.32 Å². The largest absolute Gasteiger partial charge is 0.481 e. The Kier molecular flexibility index (Phi) is 4.42. The van der Waals surface area contributed by atoms with Gasteiger partial charge in [0, 0.05) is 5.69 Å². The van der Waals surface area contributed by atoms with Crippen molar-refractivity contribution < 1.29 is 9.53 Å². The van der Waals surface area contributed by atoms with Gasteiger partial charge in [-0.05, 0) is 61.9 Å². The molecule has 0 saturated carbocycles. The number of amides is 1. The van der Waals surface area contributed by atoms with Crippen molar-refractivity contribution in [2.45, 2.75) is 38.7 Å². The van der Waals surface area contributed by atoms with Crippen LogP contribution < -0.4 is 10.1 Å². The number of hydrogen-bond acceptors (Lipinski definition) is 2. The van der Waals surface area contributed by atoms with Gasteiger partial charge in [-0.3, -0.25) is 4.79 Å². The molecule has 0 spiro atoms. The van der Waals surface area contributed by atoms with Gasteiger partial charge in [0.05, 0.1) is 0 Å². The fraction of sp³-hybridized carbons (Fsp3) is 0.316. The van der Waals surface area contributed by atoms with E-state index in [0.717, 1.165) is 24.3 Å². The summed E-state index contributed by atoms with van der Waals surface area (Å²) in [5.41, 5.74) is 3.42. The third kappa shape index (κ3) is 3.30. The second kappa shape index (κ2) is 6.65. The topological polar surface area (TPSA) is 38.3 Å². The molecule has 0 bridgehead atoms. The van der Waals surface area contributed by atoms with E-state index in [4.69, 9.17) is 4.74 Å². The molecule has 2 aromatic carbocycles. The normalized spacial score (nSPS) is 14.8. The number of ether oxygens (including phenoxy) is 1. The molecule has 3 rings (SSSR count). The zero-order valence-electron chi connectivity index (χ0n) is 12.8. The number of carbonyl (C=O) groups is 1. The van der Waals surface area contributed by atoms with Crippen LogP contribution in [0.1, 0.15) is 30.9 Å². The van der Waals surface area contributed by atoms with Crippen LogP contribution in [0.15, 0.2) is 48.5 Å². The van der Waals surface area contributed by atoms with Gasteiger partial charge in [0.1, 0.15) is 5.75 Å². The SMILES string of the molecule is C[C@H](Oc1cccc2c1CCCC2)C(=O)Nc1ccccc1. The first kappa shape index (κ1) is 14.6. The number of anilines is 1. The smallest absolute Gasteiger partial charge is 0.265 e. The van der Waals surface area contributed by atoms with Crippen LogP contribution in [0.3, 0.4) is 0 Å². The molecule has 2 aromatic rings. The van der Waals surface area contributed by atoms with Crippen LogP contribution in [0.4, 0.5) is 5.69 Å². The molecule has 3 heteroatoms. The summed E-state index contributed by atoms with van der Waals surface area (Å²) in [5, 5.41) is 2.88. The Labute approximate surface area is 131 Å². The molecule has 0 saturated heterocycles. The number of nitrogens with one attached hydrogen (secondary N) is 1. The third-order valence-corrected chi connectivity index (χ3v) is 4.07. The van der Waals surface area contributed by atoms with Crippen LogP contribution in [-0.2, 0) is 17.6 Å². The monoisotopic (exact) mass is 295 g/mol. The van der Waals surface area contributed by atoms with Crippen LogP contribution >= 0.6 is 0 Å². The second-order valence-electron chi connectivity index (χ2n) is 5.72. The van der Waals surface area contributed by atoms with Gasteiger partial charge in [-0.2, -0.15) is 0 Å². The molecule has 22 heavy (non-hydrogen) atoms. The average Bonchev–Trinajstić information content (AvgIpc) is 2.56. The minimum atomic E-state index is -0.520. The summed E-state index contributed by atoms with van der Waals surface area (Å²) < 4.78 is 5.93. The standard InChI is InChI=1S/C19H21NO2/c1-14(19(21)20-16-10-3-2-4-11-16)22-18-13-7-9-15-8-5-6-12-17(15)18/h2-4,7,9-11,13-14H,5-6,8,12H2,1H3,(H,20,21)/t14-/m0/s1. The van der Waals surface area contributed by atoms with Gasteiger partial charge < -0.3 is 10.1 Å². The van der Waals surface area contributed by atoms with Crippen molar-refractivity contribution in [1.29, 1.82) is 0 Å². The molecule has 0 fully saturated rings. The summed E-state index contributed by atoms with van der Waals surface area (Å²) >= 11 is 0. The van der Waals surface area contributed by atoms with Crippen LogP contribution in [0.25, 0.3) is 0 Å². The number of benzene rings is 2. The Balaban J connectivity index is 1.69. The lowest BCUT2D eigenvalue weighted by Crippen LogP contribution is -2.30. The van der Waals surface area contributed by atoms with Gasteiger partial charge in [0.15, 0.2) is 6.10 Å². The molecule has 114 valence electrons. The van der Waals surface area contributed by atoms with Gasteiger partial charge in [-0.1, -0.05) is 30.3 Å². The Hall–Kier alpha value is -2.29. The molecule has 0 radical (unpaired) electrons. The highest BCUT2D eigenvalue weighted by atomic mass is 16.5. The molecule has 1 aliphatic carbocycles. The van der Waals surface area contributed by atoms with E-state index in [9.17, 15) is 4.79 Å². The average molecular weight is 295 g/mol. The van der Waals surface area contributed by atoms with Crippen molar-refractivity contribution in [2.24, 2.45) is 0 Å². The lowest BCUT2D eigenvalue weighted by atomic mass is 9.91. The highest BCUT2D eigenvalue weighted by molar-refractivity contribution is 5.94. The Morgan fingerprint density at radius 1 is 1.05 bits per heavy atom. The number of carbonyl (C=O) groups excluding carboxylic acids is 1. The fourth-order valence-electron chi connectivity index (χ4n) is 2.87. The van der Waals surface area contributed by atoms with E-state index < -0.39 is 6.10 Å². The molecule has 0 unspecified atom stereocenters. The molecule has 0 aliphatic heterocycles. The predicted octanol–water partition coefficient (Wildman–Crippen LogP) is 3.97. The number of hydrogen-bond donors (Lipinski definition) is 1. The maximum Gasteiger partial charge on any atom is 0.265 e. The minimum Gasteiger partial charge on any atom is -0.481 e. The lowest BCUT2D eigenvalue weighted by Gasteiger charge is -2.22. The number of para-hydroxylation sites is 1. The van der Waals surface area contributed by atoms with E-state index in [1.165, 1.54) is 24.0 Å². The molecule has 3 nitrogen and oxygen atoms in total. The summed E-state index contributed by atoms with van der Waals surface area (Å²) in [6, 6.07) is 15.6. The first-order valence-corrected chi connectivity index (χ1v) is 7.87. The molecule has 1 amide bonds. The molecule has 1 aliphatic rings. The molecule has 1 N–H and O–H groups in total. The maximum atomic E-state index is 12.2.